The maximum Gasteiger partial charge on any atom is 0.224 e. The number of sulfone groups is 1. The Bertz CT molecular complexity index is 465. The maximum absolute atomic E-state index is 11.2. The summed E-state index contributed by atoms with van der Waals surface area (Å²) in [6, 6.07) is 6.39. The zero-order chi connectivity index (χ0) is 11.5. The van der Waals surface area contributed by atoms with Gasteiger partial charge in [-0.25, -0.2) is 8.42 Å². The van der Waals surface area contributed by atoms with Gasteiger partial charge in [0.2, 0.25) is 5.91 Å². The van der Waals surface area contributed by atoms with Gasteiger partial charge in [-0.05, 0) is 17.7 Å². The molecule has 0 heterocycles. The highest BCUT2D eigenvalue weighted by molar-refractivity contribution is 7.90. The van der Waals surface area contributed by atoms with Crippen molar-refractivity contribution < 1.29 is 13.2 Å². The molecule has 15 heavy (non-hydrogen) atoms. The first-order valence-corrected chi connectivity index (χ1v) is 6.32. The maximum atomic E-state index is 11.2. The van der Waals surface area contributed by atoms with Gasteiger partial charge in [-0.15, -0.1) is 0 Å². The molecule has 0 bridgehead atoms. The molecule has 5 heteroatoms. The van der Waals surface area contributed by atoms with Crippen LogP contribution in [0, 0.1) is 0 Å². The second-order valence-corrected chi connectivity index (χ2v) is 5.29. The number of nitrogens with one attached hydrogen (secondary N) is 1. The second-order valence-electron chi connectivity index (χ2n) is 3.27. The lowest BCUT2D eigenvalue weighted by molar-refractivity contribution is -0.119. The van der Waals surface area contributed by atoms with E-state index in [-0.39, 0.29) is 17.2 Å². The summed E-state index contributed by atoms with van der Waals surface area (Å²) in [7, 11) is -1.66. The number of hydrogen-bond acceptors (Lipinski definition) is 3. The van der Waals surface area contributed by atoms with Gasteiger partial charge in [0, 0.05) is 13.3 Å². The Balaban J connectivity index is 2.99. The van der Waals surface area contributed by atoms with Gasteiger partial charge in [0.25, 0.3) is 0 Å². The van der Waals surface area contributed by atoms with E-state index >= 15 is 0 Å². The molecule has 0 fully saturated rings. The molecule has 0 atom stereocenters. The minimum absolute atomic E-state index is 0.138. The third-order valence-corrected chi connectivity index (χ3v) is 3.08. The standard InChI is InChI=1S/C10H13NO3S/c1-11-10(12)7-8-4-3-5-9(6-8)15(2,13)14/h3-6H,7H2,1-2H3,(H,11,12). The Morgan fingerprint density at radius 1 is 1.40 bits per heavy atom. The predicted molar refractivity (Wildman–Crippen MR) is 57.3 cm³/mol. The Kier molecular flexibility index (Phi) is 3.47. The summed E-state index contributed by atoms with van der Waals surface area (Å²) in [5.41, 5.74) is 0.692. The number of benzene rings is 1. The fourth-order valence-corrected chi connectivity index (χ4v) is 1.85. The molecule has 1 aromatic carbocycles. The molecule has 1 aromatic rings. The Morgan fingerprint density at radius 2 is 2.07 bits per heavy atom. The van der Waals surface area contributed by atoms with Crippen molar-refractivity contribution in [1.82, 2.24) is 5.32 Å². The average Bonchev–Trinajstić information content (AvgIpc) is 2.17. The summed E-state index contributed by atoms with van der Waals surface area (Å²) in [5.74, 6) is -0.138. The summed E-state index contributed by atoms with van der Waals surface area (Å²) < 4.78 is 22.5. The van der Waals surface area contributed by atoms with E-state index in [1.54, 1.807) is 19.2 Å². The number of rotatable bonds is 3. The minimum Gasteiger partial charge on any atom is -0.359 e. The summed E-state index contributed by atoms with van der Waals surface area (Å²) in [6.45, 7) is 0. The number of likely N-dealkylation sites (N-methyl/N-ethyl adjacent to an activating group) is 1. The molecule has 0 aliphatic heterocycles. The van der Waals surface area contributed by atoms with Crippen LogP contribution in [0.2, 0.25) is 0 Å². The summed E-state index contributed by atoms with van der Waals surface area (Å²) >= 11 is 0. The van der Waals surface area contributed by atoms with E-state index in [0.29, 0.717) is 5.56 Å². The van der Waals surface area contributed by atoms with Crippen molar-refractivity contribution in [3.63, 3.8) is 0 Å². The van der Waals surface area contributed by atoms with Crippen LogP contribution in [0.4, 0.5) is 0 Å². The van der Waals surface area contributed by atoms with Gasteiger partial charge >= 0.3 is 0 Å². The Morgan fingerprint density at radius 3 is 2.60 bits per heavy atom. The lowest BCUT2D eigenvalue weighted by atomic mass is 10.1. The first-order chi connectivity index (χ1) is 6.93. The van der Waals surface area contributed by atoms with E-state index in [0.717, 1.165) is 6.26 Å². The molecule has 0 saturated carbocycles. The zero-order valence-electron chi connectivity index (χ0n) is 8.65. The monoisotopic (exact) mass is 227 g/mol. The van der Waals surface area contributed by atoms with Crippen LogP contribution in [-0.2, 0) is 21.1 Å². The van der Waals surface area contributed by atoms with Gasteiger partial charge in [0.15, 0.2) is 9.84 Å². The summed E-state index contributed by atoms with van der Waals surface area (Å²) in [6.07, 6.45) is 1.34. The van der Waals surface area contributed by atoms with Crippen LogP contribution in [0.1, 0.15) is 5.56 Å². The molecule has 0 unspecified atom stereocenters. The number of carbonyl (C=O) groups excluding carboxylic acids is 1. The summed E-state index contributed by atoms with van der Waals surface area (Å²) in [5, 5.41) is 2.48. The molecule has 4 nitrogen and oxygen atoms in total. The van der Waals surface area contributed by atoms with Gasteiger partial charge in [-0.3, -0.25) is 4.79 Å². The van der Waals surface area contributed by atoms with Crippen LogP contribution in [0.25, 0.3) is 0 Å². The van der Waals surface area contributed by atoms with Gasteiger partial charge in [0.05, 0.1) is 11.3 Å². The quantitative estimate of drug-likeness (QED) is 0.812. The SMILES string of the molecule is CNC(=O)Cc1cccc(S(C)(=O)=O)c1. The largest absolute Gasteiger partial charge is 0.359 e. The topological polar surface area (TPSA) is 63.2 Å². The van der Waals surface area contributed by atoms with Gasteiger partial charge in [-0.2, -0.15) is 0 Å². The van der Waals surface area contributed by atoms with Crippen LogP contribution in [-0.4, -0.2) is 27.6 Å². The van der Waals surface area contributed by atoms with Gasteiger partial charge < -0.3 is 5.32 Å². The highest BCUT2D eigenvalue weighted by Crippen LogP contribution is 2.11. The van der Waals surface area contributed by atoms with Crippen molar-refractivity contribution in [2.75, 3.05) is 13.3 Å². The minimum atomic E-state index is -3.20. The van der Waals surface area contributed by atoms with Crippen molar-refractivity contribution in [3.05, 3.63) is 29.8 Å². The van der Waals surface area contributed by atoms with E-state index in [2.05, 4.69) is 5.32 Å². The highest BCUT2D eigenvalue weighted by Gasteiger charge is 2.08. The van der Waals surface area contributed by atoms with E-state index < -0.39 is 9.84 Å². The molecule has 1 rings (SSSR count). The molecule has 1 N–H and O–H groups in total. The molecule has 0 saturated heterocycles. The van der Waals surface area contributed by atoms with E-state index in [1.807, 2.05) is 0 Å². The van der Waals surface area contributed by atoms with Crippen molar-refractivity contribution in [3.8, 4) is 0 Å². The third kappa shape index (κ3) is 3.36. The lowest BCUT2D eigenvalue weighted by Crippen LogP contribution is -2.20. The van der Waals surface area contributed by atoms with E-state index in [9.17, 15) is 13.2 Å². The average molecular weight is 227 g/mol. The molecule has 0 radical (unpaired) electrons. The number of amides is 1. The fraction of sp³-hybridized carbons (Fsp3) is 0.300. The third-order valence-electron chi connectivity index (χ3n) is 1.97. The van der Waals surface area contributed by atoms with Crippen molar-refractivity contribution >= 4 is 15.7 Å². The second kappa shape index (κ2) is 4.44. The van der Waals surface area contributed by atoms with Crippen molar-refractivity contribution in [2.45, 2.75) is 11.3 Å². The van der Waals surface area contributed by atoms with Gasteiger partial charge in [-0.1, -0.05) is 12.1 Å². The van der Waals surface area contributed by atoms with Crippen LogP contribution in [0.3, 0.4) is 0 Å². The molecule has 1 amide bonds. The zero-order valence-corrected chi connectivity index (χ0v) is 9.47. The molecular weight excluding hydrogens is 214 g/mol. The molecular formula is C10H13NO3S. The van der Waals surface area contributed by atoms with Crippen LogP contribution < -0.4 is 5.32 Å². The van der Waals surface area contributed by atoms with Crippen LogP contribution in [0.15, 0.2) is 29.2 Å². The Hall–Kier alpha value is -1.36. The smallest absolute Gasteiger partial charge is 0.224 e. The predicted octanol–water partition coefficient (Wildman–Crippen LogP) is 0.379. The molecule has 0 aromatic heterocycles. The van der Waals surface area contributed by atoms with E-state index in [1.165, 1.54) is 12.1 Å². The summed E-state index contributed by atoms with van der Waals surface area (Å²) in [4.78, 5) is 11.3. The van der Waals surface area contributed by atoms with E-state index in [4.69, 9.17) is 0 Å². The lowest BCUT2D eigenvalue weighted by Gasteiger charge is -2.03. The highest BCUT2D eigenvalue weighted by atomic mass is 32.2. The molecule has 0 aliphatic carbocycles. The fourth-order valence-electron chi connectivity index (χ4n) is 1.16. The first kappa shape index (κ1) is 11.7. The van der Waals surface area contributed by atoms with Crippen LogP contribution >= 0.6 is 0 Å². The Labute approximate surface area is 89.2 Å². The molecule has 82 valence electrons. The normalized spacial score (nSPS) is 11.1. The first-order valence-electron chi connectivity index (χ1n) is 4.43. The molecule has 0 spiro atoms. The van der Waals surface area contributed by atoms with Crippen molar-refractivity contribution in [2.24, 2.45) is 0 Å². The number of carbonyl (C=O) groups is 1. The van der Waals surface area contributed by atoms with Crippen LogP contribution in [0.5, 0.6) is 0 Å². The molecule has 0 aliphatic rings. The van der Waals surface area contributed by atoms with Gasteiger partial charge in [0.1, 0.15) is 0 Å². The number of hydrogen-bond donors (Lipinski definition) is 1. The van der Waals surface area contributed by atoms with Crippen molar-refractivity contribution in [1.29, 1.82) is 0 Å².